The predicted molar refractivity (Wildman–Crippen MR) is 125 cm³/mol. The zero-order valence-corrected chi connectivity index (χ0v) is 19.8. The van der Waals surface area contributed by atoms with Crippen molar-refractivity contribution in [1.82, 2.24) is 5.32 Å². The molecule has 0 radical (unpaired) electrons. The van der Waals surface area contributed by atoms with Crippen molar-refractivity contribution in [2.45, 2.75) is 109 Å². The van der Waals surface area contributed by atoms with Crippen LogP contribution in [0.15, 0.2) is 12.2 Å². The van der Waals surface area contributed by atoms with Crippen molar-refractivity contribution in [3.63, 3.8) is 0 Å². The lowest BCUT2D eigenvalue weighted by atomic mass is 9.89. The highest BCUT2D eigenvalue weighted by Gasteiger charge is 2.32. The Balaban J connectivity index is 2.27. The molecule has 1 fully saturated rings. The van der Waals surface area contributed by atoms with Gasteiger partial charge in [0.2, 0.25) is 5.91 Å². The number of amides is 1. The first kappa shape index (κ1) is 28.8. The fraction of sp³-hybridized carbons (Fsp3) is 0.760. The first-order valence-electron chi connectivity index (χ1n) is 12.4. The van der Waals surface area contributed by atoms with Gasteiger partial charge in [0.15, 0.2) is 0 Å². The molecule has 0 spiro atoms. The van der Waals surface area contributed by atoms with Crippen LogP contribution in [0.25, 0.3) is 0 Å². The molecule has 188 valence electrons. The van der Waals surface area contributed by atoms with Gasteiger partial charge < -0.3 is 20.6 Å². The van der Waals surface area contributed by atoms with E-state index in [1.54, 1.807) is 0 Å². The molecule has 0 aliphatic heterocycles. The molecule has 1 saturated carbocycles. The third-order valence-corrected chi connectivity index (χ3v) is 6.29. The monoisotopic (exact) mass is 467 g/mol. The third kappa shape index (κ3) is 12.6. The Bertz CT molecular complexity index is 661. The molecule has 1 aliphatic rings. The maximum atomic E-state index is 12.3. The zero-order chi connectivity index (χ0) is 24.6. The second-order valence-electron chi connectivity index (χ2n) is 9.07. The summed E-state index contributed by atoms with van der Waals surface area (Å²) >= 11 is 0. The van der Waals surface area contributed by atoms with Crippen LogP contribution in [0.4, 0.5) is 0 Å². The van der Waals surface area contributed by atoms with E-state index in [2.05, 4.69) is 12.2 Å². The number of nitrogens with one attached hydrogen (secondary N) is 1. The number of carboxylic acid groups (broad SMARTS) is 2. The van der Waals surface area contributed by atoms with Gasteiger partial charge in [-0.15, -0.1) is 0 Å². The minimum absolute atomic E-state index is 0.0120. The highest BCUT2D eigenvalue weighted by atomic mass is 16.4. The summed E-state index contributed by atoms with van der Waals surface area (Å²) < 4.78 is 0. The highest BCUT2D eigenvalue weighted by Crippen LogP contribution is 2.34. The number of aliphatic hydroxyl groups is 1. The van der Waals surface area contributed by atoms with E-state index in [0.717, 1.165) is 57.8 Å². The van der Waals surface area contributed by atoms with Crippen molar-refractivity contribution in [3.8, 4) is 0 Å². The van der Waals surface area contributed by atoms with Crippen LogP contribution in [0.2, 0.25) is 0 Å². The molecule has 1 aliphatic carbocycles. The Hall–Kier alpha value is -2.22. The molecular weight excluding hydrogens is 426 g/mol. The lowest BCUT2D eigenvalue weighted by Crippen LogP contribution is -2.41. The van der Waals surface area contributed by atoms with Crippen LogP contribution in [0, 0.1) is 11.8 Å². The number of Topliss-reactive ketones (excluding diaryl/α,β-unsaturated/α-hetero) is 1. The molecule has 4 N–H and O–H groups in total. The van der Waals surface area contributed by atoms with Gasteiger partial charge in [-0.2, -0.15) is 0 Å². The molecular formula is C25H41NO7. The molecule has 0 heterocycles. The minimum Gasteiger partial charge on any atom is -0.481 e. The van der Waals surface area contributed by atoms with Crippen molar-refractivity contribution >= 4 is 23.6 Å². The molecule has 0 aromatic carbocycles. The van der Waals surface area contributed by atoms with Crippen LogP contribution in [-0.4, -0.2) is 51.1 Å². The number of rotatable bonds is 18. The summed E-state index contributed by atoms with van der Waals surface area (Å²) in [5, 5.41) is 30.2. The molecule has 0 saturated heterocycles. The summed E-state index contributed by atoms with van der Waals surface area (Å²) in [5.74, 6) is -2.21. The van der Waals surface area contributed by atoms with Crippen LogP contribution < -0.4 is 5.32 Å². The number of allylic oxidation sites excluding steroid dienone is 1. The number of aliphatic hydroxyl groups excluding tert-OH is 1. The van der Waals surface area contributed by atoms with Gasteiger partial charge in [-0.1, -0.05) is 57.6 Å². The lowest BCUT2D eigenvalue weighted by Gasteiger charge is -2.16. The summed E-state index contributed by atoms with van der Waals surface area (Å²) in [6, 6.07) is -1.18. The quantitative estimate of drug-likeness (QED) is 0.177. The van der Waals surface area contributed by atoms with Crippen LogP contribution in [0.3, 0.4) is 0 Å². The second kappa shape index (κ2) is 16.4. The van der Waals surface area contributed by atoms with Gasteiger partial charge in [-0.05, 0) is 38.0 Å². The average Bonchev–Trinajstić information content (AvgIpc) is 3.11. The topological polar surface area (TPSA) is 141 Å². The Morgan fingerprint density at radius 1 is 1.03 bits per heavy atom. The lowest BCUT2D eigenvalue weighted by molar-refractivity contribution is -0.143. The molecule has 4 unspecified atom stereocenters. The first-order valence-corrected chi connectivity index (χ1v) is 12.4. The fourth-order valence-electron chi connectivity index (χ4n) is 4.31. The summed E-state index contributed by atoms with van der Waals surface area (Å²) in [4.78, 5) is 45.9. The van der Waals surface area contributed by atoms with E-state index in [-0.39, 0.29) is 37.0 Å². The number of carbonyl (C=O) groups is 4. The molecule has 0 aromatic rings. The van der Waals surface area contributed by atoms with Gasteiger partial charge in [-0.3, -0.25) is 14.4 Å². The first-order chi connectivity index (χ1) is 15.7. The van der Waals surface area contributed by atoms with Gasteiger partial charge in [0.1, 0.15) is 11.8 Å². The van der Waals surface area contributed by atoms with Crippen LogP contribution >= 0.6 is 0 Å². The Morgan fingerprint density at radius 3 is 2.42 bits per heavy atom. The average molecular weight is 468 g/mol. The summed E-state index contributed by atoms with van der Waals surface area (Å²) in [7, 11) is 0. The molecule has 1 amide bonds. The van der Waals surface area contributed by atoms with Crippen molar-refractivity contribution in [3.05, 3.63) is 12.2 Å². The molecule has 8 nitrogen and oxygen atoms in total. The van der Waals surface area contributed by atoms with Crippen LogP contribution in [-0.2, 0) is 19.2 Å². The number of hydrogen-bond acceptors (Lipinski definition) is 5. The van der Waals surface area contributed by atoms with Gasteiger partial charge >= 0.3 is 11.9 Å². The van der Waals surface area contributed by atoms with E-state index in [9.17, 15) is 24.3 Å². The van der Waals surface area contributed by atoms with E-state index < -0.39 is 24.1 Å². The normalized spacial score (nSPS) is 20.1. The molecule has 4 atom stereocenters. The summed E-state index contributed by atoms with van der Waals surface area (Å²) in [5.41, 5.74) is 0. The molecule has 1 rings (SSSR count). The number of ketones is 1. The molecule has 33 heavy (non-hydrogen) atoms. The second-order valence-corrected chi connectivity index (χ2v) is 9.07. The number of hydrogen-bond donors (Lipinski definition) is 4. The SMILES string of the molecule is CCCCCC(O)C=CC1CCC(=O)C1CCCCCCC(=O)NC(CCC(=O)O)C(=O)O. The van der Waals surface area contributed by atoms with E-state index in [4.69, 9.17) is 10.2 Å². The van der Waals surface area contributed by atoms with E-state index >= 15 is 0 Å². The largest absolute Gasteiger partial charge is 0.481 e. The molecule has 0 bridgehead atoms. The van der Waals surface area contributed by atoms with Crippen LogP contribution in [0.5, 0.6) is 0 Å². The van der Waals surface area contributed by atoms with Crippen molar-refractivity contribution in [2.24, 2.45) is 11.8 Å². The van der Waals surface area contributed by atoms with E-state index in [1.807, 2.05) is 12.2 Å². The maximum absolute atomic E-state index is 12.3. The predicted octanol–water partition coefficient (Wildman–Crippen LogP) is 3.85. The fourth-order valence-corrected chi connectivity index (χ4v) is 4.31. The Kier molecular flexibility index (Phi) is 14.3. The van der Waals surface area contributed by atoms with Gasteiger partial charge in [0.05, 0.1) is 6.10 Å². The summed E-state index contributed by atoms with van der Waals surface area (Å²) in [6.07, 6.45) is 12.6. The van der Waals surface area contributed by atoms with E-state index in [1.165, 1.54) is 0 Å². The van der Waals surface area contributed by atoms with E-state index in [0.29, 0.717) is 18.6 Å². The van der Waals surface area contributed by atoms with Crippen molar-refractivity contribution in [2.75, 3.05) is 0 Å². The number of carboxylic acids is 2. The smallest absolute Gasteiger partial charge is 0.326 e. The van der Waals surface area contributed by atoms with Gasteiger partial charge in [0, 0.05) is 25.2 Å². The number of unbranched alkanes of at least 4 members (excludes halogenated alkanes) is 5. The number of carbonyl (C=O) groups excluding carboxylic acids is 2. The van der Waals surface area contributed by atoms with Gasteiger partial charge in [0.25, 0.3) is 0 Å². The minimum atomic E-state index is -1.23. The highest BCUT2D eigenvalue weighted by molar-refractivity contribution is 5.84. The van der Waals surface area contributed by atoms with Gasteiger partial charge in [-0.25, -0.2) is 4.79 Å². The van der Waals surface area contributed by atoms with Crippen LogP contribution in [0.1, 0.15) is 96.8 Å². The van der Waals surface area contributed by atoms with Crippen molar-refractivity contribution < 1.29 is 34.5 Å². The molecule has 0 aromatic heterocycles. The van der Waals surface area contributed by atoms with Crippen molar-refractivity contribution in [1.29, 1.82) is 0 Å². The summed E-state index contributed by atoms with van der Waals surface area (Å²) in [6.45, 7) is 2.13. The zero-order valence-electron chi connectivity index (χ0n) is 19.8. The standard InChI is InChI=1S/C25H41NO7/c1-2-3-6-9-19(27)14-12-18-13-16-22(28)20(18)10-7-4-5-8-11-23(29)26-21(25(32)33)15-17-24(30)31/h12,14,18-21,27H,2-11,13,15-17H2,1H3,(H,26,29)(H,30,31)(H,32,33). The number of aliphatic carboxylic acids is 2. The molecule has 8 heteroatoms. The maximum Gasteiger partial charge on any atom is 0.326 e. The third-order valence-electron chi connectivity index (χ3n) is 6.29. The Morgan fingerprint density at radius 2 is 1.76 bits per heavy atom. The Labute approximate surface area is 196 Å².